The van der Waals surface area contributed by atoms with Crippen molar-refractivity contribution >= 4 is 12.2 Å². The highest BCUT2D eigenvalue weighted by molar-refractivity contribution is 5.72. The van der Waals surface area contributed by atoms with Crippen molar-refractivity contribution in [1.29, 1.82) is 0 Å². The first-order chi connectivity index (χ1) is 6.26. The van der Waals surface area contributed by atoms with Crippen LogP contribution >= 0.6 is 0 Å². The van der Waals surface area contributed by atoms with E-state index in [0.29, 0.717) is 0 Å². The van der Waals surface area contributed by atoms with Crippen LogP contribution in [0.15, 0.2) is 5.16 Å². The molecule has 0 amide bonds. The highest BCUT2D eigenvalue weighted by Gasteiger charge is 2.17. The Hall–Kier alpha value is -0.860. The van der Waals surface area contributed by atoms with E-state index in [1.54, 1.807) is 6.92 Å². The molecule has 0 spiro atoms. The zero-order valence-electron chi connectivity index (χ0n) is 8.75. The van der Waals surface area contributed by atoms with Crippen LogP contribution in [-0.4, -0.2) is 12.2 Å². The van der Waals surface area contributed by atoms with Gasteiger partial charge in [-0.25, -0.2) is 4.79 Å². The Kier molecular flexibility index (Phi) is 7.26. The van der Waals surface area contributed by atoms with Crippen molar-refractivity contribution in [1.82, 2.24) is 0 Å². The van der Waals surface area contributed by atoms with E-state index >= 15 is 0 Å². The Morgan fingerprint density at radius 2 is 2.23 bits per heavy atom. The quantitative estimate of drug-likeness (QED) is 0.362. The van der Waals surface area contributed by atoms with E-state index in [1.165, 1.54) is 6.21 Å². The zero-order chi connectivity index (χ0) is 10.1. The topological polar surface area (TPSA) is 38.7 Å². The Morgan fingerprint density at radius 1 is 1.54 bits per heavy atom. The number of oxime groups is 1. The van der Waals surface area contributed by atoms with Gasteiger partial charge in [0, 0.05) is 6.21 Å². The van der Waals surface area contributed by atoms with Crippen molar-refractivity contribution in [3.63, 3.8) is 0 Å². The molecule has 0 aromatic heterocycles. The van der Waals surface area contributed by atoms with Crippen molar-refractivity contribution in [2.45, 2.75) is 46.5 Å². The summed E-state index contributed by atoms with van der Waals surface area (Å²) in [5.41, 5.74) is 0. The third-order valence-electron chi connectivity index (χ3n) is 1.98. The zero-order valence-corrected chi connectivity index (χ0v) is 8.75. The Bertz CT molecular complexity index is 166. The predicted octanol–water partition coefficient (Wildman–Crippen LogP) is 2.75. The van der Waals surface area contributed by atoms with Gasteiger partial charge in [-0.1, -0.05) is 31.8 Å². The summed E-state index contributed by atoms with van der Waals surface area (Å²) in [7, 11) is 0. The molecule has 0 aromatic carbocycles. The average molecular weight is 185 g/mol. The van der Waals surface area contributed by atoms with E-state index < -0.39 is 0 Å². The largest absolute Gasteiger partial charge is 0.338 e. The first kappa shape index (κ1) is 12.1. The molecule has 0 aliphatic heterocycles. The average Bonchev–Trinajstić information content (AvgIpc) is 2.16. The molecule has 3 heteroatoms. The SMILES string of the molecule is CC=NOC(=O)C(CC)CCCC. The maximum Gasteiger partial charge on any atom is 0.338 e. The second-order valence-corrected chi connectivity index (χ2v) is 3.02. The van der Waals surface area contributed by atoms with E-state index in [1.807, 2.05) is 6.92 Å². The Morgan fingerprint density at radius 3 is 2.69 bits per heavy atom. The van der Waals surface area contributed by atoms with E-state index in [9.17, 15) is 4.79 Å². The summed E-state index contributed by atoms with van der Waals surface area (Å²) in [5.74, 6) is -0.183. The third-order valence-corrected chi connectivity index (χ3v) is 1.98. The highest BCUT2D eigenvalue weighted by Crippen LogP contribution is 2.14. The number of rotatable bonds is 6. The molecule has 0 N–H and O–H groups in total. The summed E-state index contributed by atoms with van der Waals surface area (Å²) in [6.45, 7) is 5.83. The standard InChI is InChI=1S/C10H19NO2/c1-4-7-8-9(5-2)10(12)13-11-6-3/h6,9H,4-5,7-8H2,1-3H3. The van der Waals surface area contributed by atoms with Gasteiger partial charge < -0.3 is 4.84 Å². The Balaban J connectivity index is 3.84. The molecular weight excluding hydrogens is 166 g/mol. The lowest BCUT2D eigenvalue weighted by atomic mass is 10.00. The highest BCUT2D eigenvalue weighted by atomic mass is 16.7. The number of carbonyl (C=O) groups excluding carboxylic acids is 1. The summed E-state index contributed by atoms with van der Waals surface area (Å²) < 4.78 is 0. The molecule has 0 bridgehead atoms. The van der Waals surface area contributed by atoms with Crippen molar-refractivity contribution < 1.29 is 9.63 Å². The van der Waals surface area contributed by atoms with Gasteiger partial charge in [0.2, 0.25) is 0 Å². The van der Waals surface area contributed by atoms with Crippen molar-refractivity contribution in [3.05, 3.63) is 0 Å². The summed E-state index contributed by atoms with van der Waals surface area (Å²) >= 11 is 0. The van der Waals surface area contributed by atoms with Gasteiger partial charge in [0.15, 0.2) is 0 Å². The van der Waals surface area contributed by atoms with Gasteiger partial charge in [0.1, 0.15) is 0 Å². The first-order valence-electron chi connectivity index (χ1n) is 4.95. The van der Waals surface area contributed by atoms with Gasteiger partial charge in [0.05, 0.1) is 5.92 Å². The van der Waals surface area contributed by atoms with Gasteiger partial charge in [-0.15, -0.1) is 0 Å². The van der Waals surface area contributed by atoms with Crippen LogP contribution in [0, 0.1) is 5.92 Å². The summed E-state index contributed by atoms with van der Waals surface area (Å²) in [5, 5.41) is 3.47. The number of nitrogens with zero attached hydrogens (tertiary/aromatic N) is 1. The van der Waals surface area contributed by atoms with Crippen LogP contribution in [0.2, 0.25) is 0 Å². The van der Waals surface area contributed by atoms with E-state index in [2.05, 4.69) is 16.9 Å². The molecule has 13 heavy (non-hydrogen) atoms. The first-order valence-corrected chi connectivity index (χ1v) is 4.95. The van der Waals surface area contributed by atoms with Crippen LogP contribution in [0.3, 0.4) is 0 Å². The predicted molar refractivity (Wildman–Crippen MR) is 53.6 cm³/mol. The molecule has 0 rings (SSSR count). The lowest BCUT2D eigenvalue weighted by Crippen LogP contribution is -2.14. The van der Waals surface area contributed by atoms with Crippen molar-refractivity contribution in [3.8, 4) is 0 Å². The summed E-state index contributed by atoms with van der Waals surface area (Å²) in [6, 6.07) is 0. The fourth-order valence-corrected chi connectivity index (χ4v) is 1.12. The van der Waals surface area contributed by atoms with Crippen LogP contribution in [0.4, 0.5) is 0 Å². The molecule has 1 atom stereocenters. The van der Waals surface area contributed by atoms with Crippen LogP contribution in [-0.2, 0) is 9.63 Å². The fraction of sp³-hybridized carbons (Fsp3) is 0.800. The smallest absolute Gasteiger partial charge is 0.318 e. The van der Waals surface area contributed by atoms with Gasteiger partial charge in [0.25, 0.3) is 0 Å². The van der Waals surface area contributed by atoms with Gasteiger partial charge in [-0.05, 0) is 19.8 Å². The van der Waals surface area contributed by atoms with Crippen LogP contribution < -0.4 is 0 Å². The molecule has 0 saturated heterocycles. The molecular formula is C10H19NO2. The summed E-state index contributed by atoms with van der Waals surface area (Å²) in [4.78, 5) is 16.0. The molecule has 1 unspecified atom stereocenters. The van der Waals surface area contributed by atoms with Crippen molar-refractivity contribution in [2.75, 3.05) is 0 Å². The second-order valence-electron chi connectivity index (χ2n) is 3.02. The molecule has 0 fully saturated rings. The molecule has 0 radical (unpaired) electrons. The number of hydrogen-bond donors (Lipinski definition) is 0. The van der Waals surface area contributed by atoms with Gasteiger partial charge in [-0.2, -0.15) is 0 Å². The molecule has 0 heterocycles. The lowest BCUT2D eigenvalue weighted by Gasteiger charge is -2.09. The molecule has 76 valence electrons. The normalized spacial score (nSPS) is 13.2. The molecule has 0 saturated carbocycles. The van der Waals surface area contributed by atoms with E-state index in [0.717, 1.165) is 25.7 Å². The van der Waals surface area contributed by atoms with Crippen LogP contribution in [0.1, 0.15) is 46.5 Å². The fourth-order valence-electron chi connectivity index (χ4n) is 1.12. The number of hydrogen-bond acceptors (Lipinski definition) is 3. The lowest BCUT2D eigenvalue weighted by molar-refractivity contribution is -0.148. The van der Waals surface area contributed by atoms with Gasteiger partial charge in [-0.3, -0.25) is 0 Å². The minimum atomic E-state index is -0.200. The monoisotopic (exact) mass is 185 g/mol. The third kappa shape index (κ3) is 5.39. The van der Waals surface area contributed by atoms with Gasteiger partial charge >= 0.3 is 5.97 Å². The van der Waals surface area contributed by atoms with E-state index in [4.69, 9.17) is 0 Å². The number of carbonyl (C=O) groups is 1. The number of unbranched alkanes of at least 4 members (excludes halogenated alkanes) is 1. The minimum Gasteiger partial charge on any atom is -0.318 e. The van der Waals surface area contributed by atoms with Crippen molar-refractivity contribution in [2.24, 2.45) is 11.1 Å². The van der Waals surface area contributed by atoms with E-state index in [-0.39, 0.29) is 11.9 Å². The van der Waals surface area contributed by atoms with Crippen LogP contribution in [0.25, 0.3) is 0 Å². The molecule has 0 aliphatic carbocycles. The molecule has 0 aromatic rings. The summed E-state index contributed by atoms with van der Waals surface area (Å²) in [6.07, 6.45) is 5.40. The molecule has 3 nitrogen and oxygen atoms in total. The second kappa shape index (κ2) is 7.77. The maximum atomic E-state index is 11.3. The Labute approximate surface area is 80.1 Å². The van der Waals surface area contributed by atoms with Crippen LogP contribution in [0.5, 0.6) is 0 Å². The maximum absolute atomic E-state index is 11.3. The minimum absolute atomic E-state index is 0.0173. The molecule has 0 aliphatic rings.